The Hall–Kier alpha value is -2.60. The molecule has 1 saturated heterocycles. The quantitative estimate of drug-likeness (QED) is 0.271. The van der Waals surface area contributed by atoms with Gasteiger partial charge in [0, 0.05) is 24.9 Å². The second kappa shape index (κ2) is 12.6. The first-order valence-corrected chi connectivity index (χ1v) is 12.4. The van der Waals surface area contributed by atoms with Gasteiger partial charge in [-0.25, -0.2) is 9.78 Å². The molecule has 1 fully saturated rings. The molecule has 3 amide bonds. The van der Waals surface area contributed by atoms with Gasteiger partial charge in [0.15, 0.2) is 0 Å². The van der Waals surface area contributed by atoms with Crippen molar-refractivity contribution in [1.29, 1.82) is 0 Å². The Labute approximate surface area is 197 Å². The van der Waals surface area contributed by atoms with Gasteiger partial charge in [-0.3, -0.25) is 14.4 Å². The number of aromatic nitrogens is 2. The molecule has 0 radical (unpaired) electrons. The lowest BCUT2D eigenvalue weighted by Gasteiger charge is -2.29. The molecule has 4 unspecified atom stereocenters. The SMILES string of the molecule is CSCCC(NC(=O)C(NC(=O)C1CCCN1C(=O)C(N)Cc1cnc[nH]1)C(C)C)C(=O)O. The molecule has 1 aliphatic rings. The fourth-order valence-corrected chi connectivity index (χ4v) is 4.25. The fraction of sp³-hybridized carbons (Fsp3) is 0.667. The van der Waals surface area contributed by atoms with Gasteiger partial charge in [-0.1, -0.05) is 13.8 Å². The average molecular weight is 483 g/mol. The van der Waals surface area contributed by atoms with Crippen molar-refractivity contribution in [1.82, 2.24) is 25.5 Å². The van der Waals surface area contributed by atoms with E-state index in [9.17, 15) is 24.3 Å². The molecular weight excluding hydrogens is 448 g/mol. The minimum atomic E-state index is -1.12. The topological polar surface area (TPSA) is 171 Å². The van der Waals surface area contributed by atoms with Crippen LogP contribution in [0.5, 0.6) is 0 Å². The molecule has 2 rings (SSSR count). The van der Waals surface area contributed by atoms with Crippen LogP contribution < -0.4 is 16.4 Å². The Morgan fingerprint density at radius 3 is 2.64 bits per heavy atom. The lowest BCUT2D eigenvalue weighted by molar-refractivity contribution is -0.143. The van der Waals surface area contributed by atoms with Gasteiger partial charge in [0.25, 0.3) is 0 Å². The van der Waals surface area contributed by atoms with Crippen molar-refractivity contribution in [2.75, 3.05) is 18.6 Å². The van der Waals surface area contributed by atoms with Crippen molar-refractivity contribution in [3.63, 3.8) is 0 Å². The Morgan fingerprint density at radius 2 is 2.06 bits per heavy atom. The van der Waals surface area contributed by atoms with Crippen LogP contribution in [0.1, 0.15) is 38.8 Å². The summed E-state index contributed by atoms with van der Waals surface area (Å²) in [5.41, 5.74) is 6.80. The van der Waals surface area contributed by atoms with E-state index in [1.807, 2.05) is 6.26 Å². The number of rotatable bonds is 12. The van der Waals surface area contributed by atoms with E-state index in [0.29, 0.717) is 25.1 Å². The van der Waals surface area contributed by atoms with Gasteiger partial charge >= 0.3 is 5.97 Å². The van der Waals surface area contributed by atoms with Crippen molar-refractivity contribution >= 4 is 35.5 Å². The van der Waals surface area contributed by atoms with Gasteiger partial charge in [-0.2, -0.15) is 11.8 Å². The number of aliphatic carboxylic acids is 1. The maximum atomic E-state index is 13.0. The molecule has 33 heavy (non-hydrogen) atoms. The monoisotopic (exact) mass is 482 g/mol. The first kappa shape index (κ1) is 26.7. The van der Waals surface area contributed by atoms with Crippen LogP contribution in [-0.4, -0.2) is 86.4 Å². The fourth-order valence-electron chi connectivity index (χ4n) is 3.78. The average Bonchev–Trinajstić information content (AvgIpc) is 3.45. The van der Waals surface area contributed by atoms with Crippen molar-refractivity contribution in [2.24, 2.45) is 11.7 Å². The van der Waals surface area contributed by atoms with Crippen LogP contribution in [0.15, 0.2) is 12.5 Å². The van der Waals surface area contributed by atoms with Crippen molar-refractivity contribution in [3.05, 3.63) is 18.2 Å². The highest BCUT2D eigenvalue weighted by atomic mass is 32.2. The van der Waals surface area contributed by atoms with Crippen molar-refractivity contribution in [2.45, 2.75) is 63.7 Å². The third-order valence-corrected chi connectivity index (χ3v) is 6.27. The summed E-state index contributed by atoms with van der Waals surface area (Å²) in [7, 11) is 0. The number of carbonyl (C=O) groups excluding carboxylic acids is 3. The zero-order valence-corrected chi connectivity index (χ0v) is 20.1. The van der Waals surface area contributed by atoms with Gasteiger partial charge in [0.2, 0.25) is 17.7 Å². The molecule has 1 aliphatic heterocycles. The molecule has 184 valence electrons. The van der Waals surface area contributed by atoms with Gasteiger partial charge < -0.3 is 31.4 Å². The zero-order valence-electron chi connectivity index (χ0n) is 19.2. The van der Waals surface area contributed by atoms with Crippen molar-refractivity contribution in [3.8, 4) is 0 Å². The number of amides is 3. The molecule has 0 spiro atoms. The molecular formula is C21H34N6O5S. The number of imidazole rings is 1. The first-order chi connectivity index (χ1) is 15.6. The molecule has 12 heteroatoms. The molecule has 0 aromatic carbocycles. The molecule has 0 saturated carbocycles. The highest BCUT2D eigenvalue weighted by molar-refractivity contribution is 7.98. The number of nitrogens with one attached hydrogen (secondary N) is 3. The van der Waals surface area contributed by atoms with Gasteiger partial charge in [0.05, 0.1) is 12.4 Å². The molecule has 4 atom stereocenters. The number of hydrogen-bond acceptors (Lipinski definition) is 7. The lowest BCUT2D eigenvalue weighted by atomic mass is 10.0. The summed E-state index contributed by atoms with van der Waals surface area (Å²) in [6, 6.07) is -3.51. The smallest absolute Gasteiger partial charge is 0.326 e. The number of likely N-dealkylation sites (tertiary alicyclic amines) is 1. The van der Waals surface area contributed by atoms with E-state index in [1.165, 1.54) is 23.0 Å². The molecule has 6 N–H and O–H groups in total. The van der Waals surface area contributed by atoms with Gasteiger partial charge in [-0.05, 0) is 37.2 Å². The van der Waals surface area contributed by atoms with E-state index >= 15 is 0 Å². The van der Waals surface area contributed by atoms with Crippen molar-refractivity contribution < 1.29 is 24.3 Å². The minimum absolute atomic E-state index is 0.271. The van der Waals surface area contributed by atoms with E-state index in [2.05, 4.69) is 20.6 Å². The largest absolute Gasteiger partial charge is 0.480 e. The third-order valence-electron chi connectivity index (χ3n) is 5.62. The first-order valence-electron chi connectivity index (χ1n) is 11.0. The molecule has 0 aliphatic carbocycles. The summed E-state index contributed by atoms with van der Waals surface area (Å²) in [6.45, 7) is 3.93. The van der Waals surface area contributed by atoms with E-state index < -0.39 is 42.0 Å². The molecule has 0 bridgehead atoms. The van der Waals surface area contributed by atoms with E-state index in [-0.39, 0.29) is 24.7 Å². The van der Waals surface area contributed by atoms with Crippen LogP contribution in [0.3, 0.4) is 0 Å². The summed E-state index contributed by atoms with van der Waals surface area (Å²) in [4.78, 5) is 58.5. The minimum Gasteiger partial charge on any atom is -0.480 e. The Morgan fingerprint density at radius 1 is 1.33 bits per heavy atom. The Balaban J connectivity index is 2.03. The van der Waals surface area contributed by atoms with Crippen LogP contribution in [0.4, 0.5) is 0 Å². The van der Waals surface area contributed by atoms with Crippen LogP contribution in [0.25, 0.3) is 0 Å². The Kier molecular flexibility index (Phi) is 10.2. The number of carboxylic acid groups (broad SMARTS) is 1. The molecule has 11 nitrogen and oxygen atoms in total. The maximum absolute atomic E-state index is 13.0. The highest BCUT2D eigenvalue weighted by Gasteiger charge is 2.38. The number of H-pyrrole nitrogens is 1. The Bertz CT molecular complexity index is 818. The number of carbonyl (C=O) groups is 4. The summed E-state index contributed by atoms with van der Waals surface area (Å²) in [6.07, 6.45) is 6.62. The molecule has 1 aromatic rings. The van der Waals surface area contributed by atoms with E-state index in [4.69, 9.17) is 5.73 Å². The summed E-state index contributed by atoms with van der Waals surface area (Å²) >= 11 is 1.49. The van der Waals surface area contributed by atoms with E-state index in [0.717, 1.165) is 5.69 Å². The summed E-state index contributed by atoms with van der Waals surface area (Å²) in [5.74, 6) is -2.16. The predicted molar refractivity (Wildman–Crippen MR) is 124 cm³/mol. The van der Waals surface area contributed by atoms with Gasteiger partial charge in [-0.15, -0.1) is 0 Å². The van der Waals surface area contributed by atoms with Crippen LogP contribution in [0.2, 0.25) is 0 Å². The van der Waals surface area contributed by atoms with E-state index in [1.54, 1.807) is 20.0 Å². The van der Waals surface area contributed by atoms with Crippen LogP contribution in [0, 0.1) is 5.92 Å². The predicted octanol–water partition coefficient (Wildman–Crippen LogP) is -0.266. The van der Waals surface area contributed by atoms with Gasteiger partial charge in [0.1, 0.15) is 18.1 Å². The standard InChI is InChI=1S/C21H34N6O5S/c1-12(2)17(19(29)25-15(21(31)32)6-8-33-3)26-18(28)16-5-4-7-27(16)20(30)14(22)9-13-10-23-11-24-13/h10-12,14-17H,4-9,22H2,1-3H3,(H,23,24)(H,25,29)(H,26,28)(H,31,32). The maximum Gasteiger partial charge on any atom is 0.326 e. The summed E-state index contributed by atoms with van der Waals surface area (Å²) in [5, 5.41) is 14.6. The second-order valence-electron chi connectivity index (χ2n) is 8.49. The zero-order chi connectivity index (χ0) is 24.5. The second-order valence-corrected chi connectivity index (χ2v) is 9.47. The number of thioether (sulfide) groups is 1. The number of hydrogen-bond donors (Lipinski definition) is 5. The van der Waals surface area contributed by atoms with Crippen LogP contribution in [-0.2, 0) is 25.6 Å². The third kappa shape index (κ3) is 7.46. The lowest BCUT2D eigenvalue weighted by Crippen LogP contribution is -2.58. The molecule has 1 aromatic heterocycles. The number of aromatic amines is 1. The van der Waals surface area contributed by atoms with Crippen LogP contribution >= 0.6 is 11.8 Å². The summed E-state index contributed by atoms with van der Waals surface area (Å²) < 4.78 is 0. The highest BCUT2D eigenvalue weighted by Crippen LogP contribution is 2.20. The number of carboxylic acids is 1. The number of nitrogens with zero attached hydrogens (tertiary/aromatic N) is 2. The molecule has 2 heterocycles. The number of nitrogens with two attached hydrogens (primary N) is 1. The normalized spacial score (nSPS) is 18.6.